The predicted molar refractivity (Wildman–Crippen MR) is 144 cm³/mol. The van der Waals surface area contributed by atoms with Gasteiger partial charge < -0.3 is 9.64 Å². The summed E-state index contributed by atoms with van der Waals surface area (Å²) in [5.41, 5.74) is 8.58. The van der Waals surface area contributed by atoms with E-state index in [0.29, 0.717) is 0 Å². The third-order valence-corrected chi connectivity index (χ3v) is 6.95. The number of hydrogen-bond donors (Lipinski definition) is 0. The van der Waals surface area contributed by atoms with Gasteiger partial charge in [0, 0.05) is 12.2 Å². The minimum Gasteiger partial charge on any atom is -0.455 e. The molecular weight excluding hydrogens is 430 g/mol. The van der Waals surface area contributed by atoms with Crippen LogP contribution in [0.2, 0.25) is 0 Å². The number of para-hydroxylation sites is 1. The Morgan fingerprint density at radius 2 is 1.94 bits per heavy atom. The first-order valence-corrected chi connectivity index (χ1v) is 12.4. The number of hydrogen-bond acceptors (Lipinski definition) is 4. The highest BCUT2D eigenvalue weighted by atomic mass is 16.5. The normalized spacial score (nSPS) is 19.1. The second-order valence-corrected chi connectivity index (χ2v) is 9.43. The molecule has 0 fully saturated rings. The number of benzene rings is 2. The van der Waals surface area contributed by atoms with Gasteiger partial charge in [-0.2, -0.15) is 0 Å². The molecule has 0 saturated carbocycles. The molecule has 35 heavy (non-hydrogen) atoms. The molecule has 2 aliphatic heterocycles. The number of nitrogens with zero attached hydrogens (tertiary/aromatic N) is 3. The molecule has 0 bridgehead atoms. The highest BCUT2D eigenvalue weighted by molar-refractivity contribution is 5.85. The summed E-state index contributed by atoms with van der Waals surface area (Å²) in [5, 5.41) is 0. The molecule has 3 heterocycles. The lowest BCUT2D eigenvalue weighted by Gasteiger charge is -2.33. The molecule has 3 aromatic rings. The van der Waals surface area contributed by atoms with Gasteiger partial charge in [-0.3, -0.25) is 0 Å². The molecule has 1 aromatic heterocycles. The summed E-state index contributed by atoms with van der Waals surface area (Å²) in [6, 6.07) is 14.4. The lowest BCUT2D eigenvalue weighted by molar-refractivity contribution is 0.495. The van der Waals surface area contributed by atoms with Crippen LogP contribution in [0.4, 0.5) is 5.82 Å². The zero-order chi connectivity index (χ0) is 23.8. The Labute approximate surface area is 206 Å². The molecule has 3 aliphatic rings. The van der Waals surface area contributed by atoms with Crippen molar-refractivity contribution in [3.05, 3.63) is 108 Å². The molecule has 174 valence electrons. The number of rotatable bonds is 3. The summed E-state index contributed by atoms with van der Waals surface area (Å²) in [7, 11) is 0. The molecule has 0 spiro atoms. The van der Waals surface area contributed by atoms with Crippen LogP contribution in [0, 0.1) is 0 Å². The van der Waals surface area contributed by atoms with Crippen LogP contribution in [0.1, 0.15) is 49.4 Å². The van der Waals surface area contributed by atoms with Crippen LogP contribution in [-0.4, -0.2) is 16.5 Å². The van der Waals surface area contributed by atoms with E-state index in [1.807, 2.05) is 25.1 Å². The molecule has 0 unspecified atom stereocenters. The van der Waals surface area contributed by atoms with E-state index in [9.17, 15) is 0 Å². The van der Waals surface area contributed by atoms with Crippen LogP contribution in [0.15, 0.2) is 90.7 Å². The minimum absolute atomic E-state index is 0.777. The lowest BCUT2D eigenvalue weighted by atomic mass is 9.95. The maximum atomic E-state index is 6.41. The maximum Gasteiger partial charge on any atom is 0.163 e. The minimum atomic E-state index is 0.777. The van der Waals surface area contributed by atoms with E-state index in [1.54, 1.807) is 0 Å². The lowest BCUT2D eigenvalue weighted by Crippen LogP contribution is -2.30. The summed E-state index contributed by atoms with van der Waals surface area (Å²) < 4.78 is 6.41. The Balaban J connectivity index is 1.53. The van der Waals surface area contributed by atoms with Crippen molar-refractivity contribution in [2.75, 3.05) is 11.4 Å². The van der Waals surface area contributed by atoms with Crippen molar-refractivity contribution in [1.82, 2.24) is 9.97 Å². The first-order chi connectivity index (χ1) is 17.2. The molecule has 0 radical (unpaired) electrons. The largest absolute Gasteiger partial charge is 0.455 e. The van der Waals surface area contributed by atoms with Crippen LogP contribution in [-0.2, 0) is 6.42 Å². The zero-order valence-corrected chi connectivity index (χ0v) is 20.1. The predicted octanol–water partition coefficient (Wildman–Crippen LogP) is 7.40. The summed E-state index contributed by atoms with van der Waals surface area (Å²) >= 11 is 0. The monoisotopic (exact) mass is 459 g/mol. The summed E-state index contributed by atoms with van der Waals surface area (Å²) in [6.45, 7) is 7.05. The number of anilines is 1. The van der Waals surface area contributed by atoms with E-state index in [4.69, 9.17) is 14.7 Å². The molecule has 1 aliphatic carbocycles. The Morgan fingerprint density at radius 3 is 2.86 bits per heavy atom. The zero-order valence-electron chi connectivity index (χ0n) is 20.1. The fourth-order valence-electron chi connectivity index (χ4n) is 5.09. The van der Waals surface area contributed by atoms with Gasteiger partial charge >= 0.3 is 0 Å². The maximum absolute atomic E-state index is 6.41. The van der Waals surface area contributed by atoms with Crippen LogP contribution < -0.4 is 9.64 Å². The molecule has 0 atom stereocenters. The van der Waals surface area contributed by atoms with Crippen LogP contribution in [0.5, 0.6) is 5.75 Å². The van der Waals surface area contributed by atoms with Crippen LogP contribution in [0.25, 0.3) is 22.4 Å². The Kier molecular flexibility index (Phi) is 5.57. The van der Waals surface area contributed by atoms with Crippen LogP contribution >= 0.6 is 0 Å². The molecule has 0 N–H and O–H groups in total. The molecule has 0 saturated heterocycles. The molecule has 4 heteroatoms. The van der Waals surface area contributed by atoms with Crippen LogP contribution in [0.3, 0.4) is 0 Å². The van der Waals surface area contributed by atoms with Crippen molar-refractivity contribution in [2.24, 2.45) is 0 Å². The van der Waals surface area contributed by atoms with Gasteiger partial charge in [0.25, 0.3) is 0 Å². The fraction of sp³-hybridized carbons (Fsp3) is 0.226. The molecule has 4 nitrogen and oxygen atoms in total. The smallest absolute Gasteiger partial charge is 0.163 e. The number of fused-ring (bicyclic) bond motifs is 2. The first kappa shape index (κ1) is 21.6. The second kappa shape index (κ2) is 9.03. The average molecular weight is 460 g/mol. The molecule has 6 rings (SSSR count). The highest BCUT2D eigenvalue weighted by Gasteiger charge is 2.27. The highest BCUT2D eigenvalue weighted by Crippen LogP contribution is 2.38. The quantitative estimate of drug-likeness (QED) is 0.409. The Morgan fingerprint density at radius 1 is 1.03 bits per heavy atom. The number of allylic oxidation sites excluding steroid dienone is 7. The van der Waals surface area contributed by atoms with Gasteiger partial charge in [0.1, 0.15) is 11.4 Å². The third kappa shape index (κ3) is 4.10. The van der Waals surface area contributed by atoms with Gasteiger partial charge in [-0.15, -0.1) is 0 Å². The van der Waals surface area contributed by atoms with Gasteiger partial charge in [0.2, 0.25) is 0 Å². The van der Waals surface area contributed by atoms with Gasteiger partial charge in [-0.05, 0) is 86.1 Å². The molecule has 2 aromatic carbocycles. The molecule has 0 amide bonds. The van der Waals surface area contributed by atoms with E-state index < -0.39 is 0 Å². The summed E-state index contributed by atoms with van der Waals surface area (Å²) in [5.74, 6) is 2.54. The van der Waals surface area contributed by atoms with Crippen molar-refractivity contribution in [2.45, 2.75) is 39.0 Å². The van der Waals surface area contributed by atoms with Gasteiger partial charge in [-0.25, -0.2) is 9.97 Å². The van der Waals surface area contributed by atoms with E-state index in [-0.39, 0.29) is 0 Å². The van der Waals surface area contributed by atoms with Gasteiger partial charge in [0.15, 0.2) is 11.6 Å². The average Bonchev–Trinajstić information content (AvgIpc) is 2.87. The van der Waals surface area contributed by atoms with E-state index in [1.165, 1.54) is 16.8 Å². The summed E-state index contributed by atoms with van der Waals surface area (Å²) in [6.07, 6.45) is 16.1. The number of aromatic nitrogens is 2. The van der Waals surface area contributed by atoms with Crippen molar-refractivity contribution >= 4 is 28.2 Å². The molecular formula is C31H29N3O. The third-order valence-electron chi connectivity index (χ3n) is 6.95. The van der Waals surface area contributed by atoms with Gasteiger partial charge in [-0.1, -0.05) is 54.6 Å². The van der Waals surface area contributed by atoms with Crippen molar-refractivity contribution in [3.8, 4) is 5.75 Å². The first-order valence-electron chi connectivity index (χ1n) is 12.4. The van der Waals surface area contributed by atoms with E-state index >= 15 is 0 Å². The summed E-state index contributed by atoms with van der Waals surface area (Å²) in [4.78, 5) is 12.7. The van der Waals surface area contributed by atoms with Crippen molar-refractivity contribution < 1.29 is 4.74 Å². The number of ether oxygens (including phenoxy) is 1. The Bertz CT molecular complexity index is 1460. The van der Waals surface area contributed by atoms with Gasteiger partial charge in [0.05, 0.1) is 11.0 Å². The fourth-order valence-corrected chi connectivity index (χ4v) is 5.09. The second-order valence-electron chi connectivity index (χ2n) is 9.43. The standard InChI is InChI=1S/C31H29N3O/c1-21(2)24-15-17-25-26(20-24)33-31(34-19-9-12-22-10-5-3-4-6-13-27(22)34)30(32-25)29-18-16-23-11-7-8-14-28(23)35-29/h3-4,6-8,11,13-15,17-18,20H,1,5,9-10,12,16,19H2,2H3/b4-3-,13-6-. The van der Waals surface area contributed by atoms with E-state index in [2.05, 4.69) is 66.1 Å². The van der Waals surface area contributed by atoms with E-state index in [0.717, 1.165) is 83.8 Å². The van der Waals surface area contributed by atoms with Crippen molar-refractivity contribution in [3.63, 3.8) is 0 Å². The Hall–Kier alpha value is -3.92. The van der Waals surface area contributed by atoms with Crippen molar-refractivity contribution in [1.29, 1.82) is 0 Å². The topological polar surface area (TPSA) is 38.2 Å². The SMILES string of the molecule is C=C(C)c1ccc2nc(C3=CCc4ccccc4O3)c(N3CCCC4=C3/C=C\C=C/CC4)nc2c1.